The monoisotopic (exact) mass is 310 g/mol. The highest BCUT2D eigenvalue weighted by molar-refractivity contribution is 5.67. The van der Waals surface area contributed by atoms with Gasteiger partial charge in [-0.2, -0.15) is 5.10 Å². The number of nitrogens with zero attached hydrogens (tertiary/aromatic N) is 2. The van der Waals surface area contributed by atoms with Crippen molar-refractivity contribution >= 4 is 11.8 Å². The van der Waals surface area contributed by atoms with E-state index in [4.69, 9.17) is 4.74 Å². The molecule has 1 aromatic rings. The zero-order chi connectivity index (χ0) is 16.9. The van der Waals surface area contributed by atoms with E-state index in [0.29, 0.717) is 18.4 Å². The summed E-state index contributed by atoms with van der Waals surface area (Å²) in [6.45, 7) is 13.2. The van der Waals surface area contributed by atoms with Crippen molar-refractivity contribution in [3.05, 3.63) is 11.9 Å². The second kappa shape index (κ2) is 7.51. The Morgan fingerprint density at radius 1 is 1.36 bits per heavy atom. The highest BCUT2D eigenvalue weighted by atomic mass is 16.6. The van der Waals surface area contributed by atoms with Gasteiger partial charge in [0.15, 0.2) is 0 Å². The molecule has 1 aromatic heterocycles. The lowest BCUT2D eigenvalue weighted by Gasteiger charge is -2.24. The minimum Gasteiger partial charge on any atom is -0.444 e. The Morgan fingerprint density at radius 3 is 2.45 bits per heavy atom. The number of hydrogen-bond acceptors (Lipinski definition) is 4. The van der Waals surface area contributed by atoms with Gasteiger partial charge in [-0.3, -0.25) is 4.68 Å². The zero-order valence-corrected chi connectivity index (χ0v) is 14.9. The quantitative estimate of drug-likeness (QED) is 0.847. The molecule has 1 heterocycles. The second-order valence-electron chi connectivity index (χ2n) is 7.07. The van der Waals surface area contributed by atoms with Crippen LogP contribution in [0, 0.1) is 18.8 Å². The van der Waals surface area contributed by atoms with E-state index in [9.17, 15) is 4.79 Å². The fourth-order valence-electron chi connectivity index (χ4n) is 2.09. The summed E-state index contributed by atoms with van der Waals surface area (Å²) in [6.07, 6.45) is 1.60. The number of aromatic nitrogens is 2. The van der Waals surface area contributed by atoms with Crippen molar-refractivity contribution in [1.29, 1.82) is 0 Å². The van der Waals surface area contributed by atoms with Crippen LogP contribution in [0.25, 0.3) is 0 Å². The maximum atomic E-state index is 11.8. The van der Waals surface area contributed by atoms with Crippen LogP contribution in [0.1, 0.15) is 40.3 Å². The summed E-state index contributed by atoms with van der Waals surface area (Å²) < 4.78 is 7.06. The van der Waals surface area contributed by atoms with E-state index in [1.54, 1.807) is 4.68 Å². The summed E-state index contributed by atoms with van der Waals surface area (Å²) in [5, 5.41) is 10.6. The van der Waals surface area contributed by atoms with Crippen molar-refractivity contribution in [3.63, 3.8) is 0 Å². The molecule has 6 nitrogen and oxygen atoms in total. The van der Waals surface area contributed by atoms with Gasteiger partial charge < -0.3 is 15.4 Å². The van der Waals surface area contributed by atoms with Gasteiger partial charge in [-0.25, -0.2) is 4.79 Å². The Balaban J connectivity index is 2.49. The predicted octanol–water partition coefficient (Wildman–Crippen LogP) is 2.94. The fraction of sp³-hybridized carbons (Fsp3) is 0.750. The van der Waals surface area contributed by atoms with E-state index in [2.05, 4.69) is 29.6 Å². The third-order valence-electron chi connectivity index (χ3n) is 3.42. The van der Waals surface area contributed by atoms with Crippen molar-refractivity contribution in [3.8, 4) is 0 Å². The number of hydrogen-bond donors (Lipinski definition) is 2. The van der Waals surface area contributed by atoms with Crippen molar-refractivity contribution in [2.75, 3.05) is 18.4 Å². The van der Waals surface area contributed by atoms with E-state index >= 15 is 0 Å². The van der Waals surface area contributed by atoms with E-state index in [1.807, 2.05) is 40.9 Å². The standard InChI is InChI=1S/C16H30N4O2/c1-11(2)13(9-18-15(21)22-16(4,5)6)8-17-14-10-20(7)19-12(14)3/h10-11,13,17H,8-9H2,1-7H3,(H,18,21). The first-order valence-electron chi connectivity index (χ1n) is 7.79. The predicted molar refractivity (Wildman–Crippen MR) is 89.0 cm³/mol. The molecule has 0 aliphatic carbocycles. The van der Waals surface area contributed by atoms with Crippen molar-refractivity contribution in [2.24, 2.45) is 18.9 Å². The lowest BCUT2D eigenvalue weighted by molar-refractivity contribution is 0.0516. The maximum Gasteiger partial charge on any atom is 0.407 e. The van der Waals surface area contributed by atoms with Crippen molar-refractivity contribution in [2.45, 2.75) is 47.1 Å². The number of anilines is 1. The SMILES string of the molecule is Cc1nn(C)cc1NCC(CNC(=O)OC(C)(C)C)C(C)C. The van der Waals surface area contributed by atoms with Crippen LogP contribution in [0.2, 0.25) is 0 Å². The molecule has 0 bridgehead atoms. The van der Waals surface area contributed by atoms with Crippen LogP contribution in [0.3, 0.4) is 0 Å². The lowest BCUT2D eigenvalue weighted by Crippen LogP contribution is -2.38. The zero-order valence-electron chi connectivity index (χ0n) is 14.9. The van der Waals surface area contributed by atoms with E-state index in [-0.39, 0.29) is 6.09 Å². The van der Waals surface area contributed by atoms with Crippen LogP contribution in [-0.4, -0.2) is 34.6 Å². The molecule has 0 aromatic carbocycles. The molecule has 22 heavy (non-hydrogen) atoms. The first-order chi connectivity index (χ1) is 10.1. The Bertz CT molecular complexity index is 489. The van der Waals surface area contributed by atoms with Crippen LogP contribution in [0.5, 0.6) is 0 Å². The molecule has 1 atom stereocenters. The lowest BCUT2D eigenvalue weighted by atomic mass is 9.95. The number of carbonyl (C=O) groups excluding carboxylic acids is 1. The normalized spacial score (nSPS) is 13.1. The third kappa shape index (κ3) is 6.37. The number of nitrogens with one attached hydrogen (secondary N) is 2. The number of carbonyl (C=O) groups is 1. The number of rotatable bonds is 6. The molecule has 0 radical (unpaired) electrons. The Kier molecular flexibility index (Phi) is 6.26. The van der Waals surface area contributed by atoms with Gasteiger partial charge in [-0.15, -0.1) is 0 Å². The van der Waals surface area contributed by atoms with Crippen LogP contribution in [0.15, 0.2) is 6.20 Å². The summed E-state index contributed by atoms with van der Waals surface area (Å²) in [7, 11) is 1.90. The number of alkyl carbamates (subject to hydrolysis) is 1. The first kappa shape index (κ1) is 18.3. The van der Waals surface area contributed by atoms with Gasteiger partial charge in [0, 0.05) is 26.3 Å². The van der Waals surface area contributed by atoms with Crippen LogP contribution in [-0.2, 0) is 11.8 Å². The second-order valence-corrected chi connectivity index (χ2v) is 7.07. The van der Waals surface area contributed by atoms with E-state index < -0.39 is 5.60 Å². The molecule has 0 spiro atoms. The van der Waals surface area contributed by atoms with Gasteiger partial charge in [0.25, 0.3) is 0 Å². The molecule has 1 rings (SSSR count). The van der Waals surface area contributed by atoms with Crippen molar-refractivity contribution < 1.29 is 9.53 Å². The first-order valence-corrected chi connectivity index (χ1v) is 7.79. The minimum absolute atomic E-state index is 0.312. The van der Waals surface area contributed by atoms with E-state index in [1.165, 1.54) is 0 Å². The van der Waals surface area contributed by atoms with Gasteiger partial charge in [0.1, 0.15) is 5.60 Å². The smallest absolute Gasteiger partial charge is 0.407 e. The third-order valence-corrected chi connectivity index (χ3v) is 3.42. The van der Waals surface area contributed by atoms with Gasteiger partial charge in [0.05, 0.1) is 11.4 Å². The topological polar surface area (TPSA) is 68.2 Å². The molecule has 0 aliphatic heterocycles. The maximum absolute atomic E-state index is 11.8. The fourth-order valence-corrected chi connectivity index (χ4v) is 2.09. The summed E-state index contributed by atoms with van der Waals surface area (Å²) in [5.41, 5.74) is 1.54. The van der Waals surface area contributed by atoms with Gasteiger partial charge in [-0.05, 0) is 39.5 Å². The molecular formula is C16H30N4O2. The van der Waals surface area contributed by atoms with Crippen molar-refractivity contribution in [1.82, 2.24) is 15.1 Å². The summed E-state index contributed by atoms with van der Waals surface area (Å²) >= 11 is 0. The largest absolute Gasteiger partial charge is 0.444 e. The van der Waals surface area contributed by atoms with Gasteiger partial charge in [-0.1, -0.05) is 13.8 Å². The van der Waals surface area contributed by atoms with Crippen LogP contribution < -0.4 is 10.6 Å². The summed E-state index contributed by atoms with van der Waals surface area (Å²) in [4.78, 5) is 11.8. The summed E-state index contributed by atoms with van der Waals surface area (Å²) in [6, 6.07) is 0. The molecule has 0 fully saturated rings. The van der Waals surface area contributed by atoms with Gasteiger partial charge in [0.2, 0.25) is 0 Å². The molecular weight excluding hydrogens is 280 g/mol. The molecule has 0 aliphatic rings. The molecule has 6 heteroatoms. The number of aryl methyl sites for hydroxylation is 2. The molecule has 126 valence electrons. The van der Waals surface area contributed by atoms with Crippen LogP contribution in [0.4, 0.5) is 10.5 Å². The molecule has 1 amide bonds. The minimum atomic E-state index is -0.470. The van der Waals surface area contributed by atoms with Gasteiger partial charge >= 0.3 is 6.09 Å². The molecule has 2 N–H and O–H groups in total. The highest BCUT2D eigenvalue weighted by Gasteiger charge is 2.19. The Labute approximate surface area is 133 Å². The van der Waals surface area contributed by atoms with Crippen LogP contribution >= 0.6 is 0 Å². The van der Waals surface area contributed by atoms with E-state index in [0.717, 1.165) is 17.9 Å². The number of amides is 1. The molecule has 0 saturated heterocycles. The highest BCUT2D eigenvalue weighted by Crippen LogP contribution is 2.15. The molecule has 1 unspecified atom stereocenters. The average molecular weight is 310 g/mol. The average Bonchev–Trinajstić information content (AvgIpc) is 2.65. The summed E-state index contributed by atoms with van der Waals surface area (Å²) in [5.74, 6) is 0.756. The number of ether oxygens (including phenoxy) is 1. The Morgan fingerprint density at radius 2 is 2.00 bits per heavy atom. The molecule has 0 saturated carbocycles. The Hall–Kier alpha value is -1.72.